The van der Waals surface area contributed by atoms with Gasteiger partial charge in [-0.25, -0.2) is 9.97 Å². The Hall–Kier alpha value is -6.16. The van der Waals surface area contributed by atoms with Crippen molar-refractivity contribution < 1.29 is 33.4 Å². The van der Waals surface area contributed by atoms with Crippen LogP contribution in [0.2, 0.25) is 0 Å². The van der Waals surface area contributed by atoms with Gasteiger partial charge in [-0.1, -0.05) is 32.9 Å². The van der Waals surface area contributed by atoms with Gasteiger partial charge in [0, 0.05) is 43.6 Å². The summed E-state index contributed by atoms with van der Waals surface area (Å²) in [4.78, 5) is 81.4. The largest absolute Gasteiger partial charge is 0.492 e. The van der Waals surface area contributed by atoms with Crippen LogP contribution in [0.3, 0.4) is 0 Å². The fourth-order valence-corrected chi connectivity index (χ4v) is 8.83. The Balaban J connectivity index is 1.54. The van der Waals surface area contributed by atoms with Gasteiger partial charge in [-0.3, -0.25) is 24.0 Å². The Morgan fingerprint density at radius 2 is 1.50 bits per heavy atom. The number of nitriles is 1. The first kappa shape index (κ1) is 50.8. The minimum Gasteiger partial charge on any atom is -0.492 e. The molecule has 1 aliphatic carbocycles. The lowest BCUT2D eigenvalue weighted by atomic mass is 9.69. The smallest absolute Gasteiger partial charge is 0.255 e. The van der Waals surface area contributed by atoms with E-state index in [0.29, 0.717) is 56.9 Å². The molecule has 1 aliphatic heterocycles. The molecule has 0 spiro atoms. The Morgan fingerprint density at radius 1 is 0.894 bits per heavy atom. The Morgan fingerprint density at radius 3 is 2.08 bits per heavy atom. The van der Waals surface area contributed by atoms with Crippen LogP contribution in [0, 0.1) is 36.5 Å². The van der Waals surface area contributed by atoms with E-state index in [-0.39, 0.29) is 69.1 Å². The molecule has 1 unspecified atom stereocenters. The standard InChI is InChI=1S/C48H67N11O7/c1-27-40(28(2)55-42(54-27)31-9-12-33(13-10-31)48(4,5)6)45(62)57-36(16-17-49)47(64)59(7)41-32-11-15-39(66-23-20-52)35(26-32)34-24-30(8-14-38(34)65-22-19-51)25-37(44(61)53-21-18-50)58-43(60)29(3)56-46(41)63/h8,11,14-15,24,26,29,31,33,36-37,41H,9-10,12-13,16-17,19-23,25,49,51-52H2,1-7H3,(H,53,61)(H,56,63)(H,57,62)(H,58,60)/t29-,31?,33?,36?,37-,41-/m0/s1. The molecule has 1 saturated carbocycles. The molecule has 0 radical (unpaired) electrons. The Labute approximate surface area is 387 Å². The minimum absolute atomic E-state index is 0.00845. The zero-order chi connectivity index (χ0) is 48.3. The van der Waals surface area contributed by atoms with E-state index in [4.69, 9.17) is 36.6 Å². The van der Waals surface area contributed by atoms with Gasteiger partial charge in [-0.2, -0.15) is 5.26 Å². The Bertz CT molecular complexity index is 2260. The lowest BCUT2D eigenvalue weighted by molar-refractivity contribution is -0.141. The number of nitrogens with two attached hydrogens (primary N) is 3. The number of aromatic nitrogens is 2. The van der Waals surface area contributed by atoms with Crippen molar-refractivity contribution >= 4 is 29.5 Å². The maximum absolute atomic E-state index is 14.7. The summed E-state index contributed by atoms with van der Waals surface area (Å²) in [6.45, 7) is 12.2. The van der Waals surface area contributed by atoms with Gasteiger partial charge >= 0.3 is 0 Å². The van der Waals surface area contributed by atoms with Gasteiger partial charge in [0.05, 0.1) is 23.0 Å². The van der Waals surface area contributed by atoms with E-state index in [0.717, 1.165) is 25.7 Å². The summed E-state index contributed by atoms with van der Waals surface area (Å²) in [5, 5.41) is 20.0. The zero-order valence-electron chi connectivity index (χ0n) is 39.3. The van der Waals surface area contributed by atoms with Gasteiger partial charge in [0.1, 0.15) is 61.2 Å². The van der Waals surface area contributed by atoms with Gasteiger partial charge in [0.2, 0.25) is 23.6 Å². The number of fused-ring (bicyclic) bond motifs is 5. The molecular formula is C48H67N11O7. The summed E-state index contributed by atoms with van der Waals surface area (Å²) in [6, 6.07) is 7.16. The number of amides is 5. The van der Waals surface area contributed by atoms with Gasteiger partial charge in [-0.15, -0.1) is 0 Å². The first-order chi connectivity index (χ1) is 31.4. The topological polar surface area (TPSA) is 283 Å². The second-order valence-electron chi connectivity index (χ2n) is 18.2. The van der Waals surface area contributed by atoms with E-state index in [9.17, 15) is 29.2 Å². The van der Waals surface area contributed by atoms with Crippen LogP contribution in [0.1, 0.15) is 110 Å². The molecule has 1 fully saturated rings. The molecular weight excluding hydrogens is 843 g/mol. The first-order valence-corrected chi connectivity index (χ1v) is 22.7. The minimum atomic E-state index is -1.39. The van der Waals surface area contributed by atoms with Crippen LogP contribution in [0.25, 0.3) is 11.1 Å². The molecule has 18 nitrogen and oxygen atoms in total. The SMILES string of the molecule is Cc1nc(C2CCC(C(C)(C)C)CC2)nc(C)c1C(=O)NC(CCN)C(=O)N(C)[C@@H]1C(=O)N[C@@H](C)C(=O)N[C@H](C(=O)NCC#N)Cc2ccc(OCCN)c(c2)-c2cc1ccc2OCCN. The molecule has 3 aromatic rings. The highest BCUT2D eigenvalue weighted by Gasteiger charge is 2.37. The molecule has 18 heteroatoms. The van der Waals surface area contributed by atoms with E-state index in [1.165, 1.54) is 18.9 Å². The van der Waals surface area contributed by atoms with E-state index in [1.54, 1.807) is 50.2 Å². The van der Waals surface area contributed by atoms with Crippen LogP contribution in [-0.4, -0.2) is 109 Å². The highest BCUT2D eigenvalue weighted by Crippen LogP contribution is 2.43. The molecule has 4 atom stereocenters. The second kappa shape index (κ2) is 22.8. The number of rotatable bonds is 15. The number of carbonyl (C=O) groups excluding carboxylic acids is 5. The highest BCUT2D eigenvalue weighted by molar-refractivity contribution is 6.00. The summed E-state index contributed by atoms with van der Waals surface area (Å²) in [6.07, 6.45) is 4.12. The second-order valence-corrected chi connectivity index (χ2v) is 18.2. The van der Waals surface area contributed by atoms with Crippen LogP contribution in [0.15, 0.2) is 36.4 Å². The van der Waals surface area contributed by atoms with Crippen LogP contribution in [0.4, 0.5) is 0 Å². The van der Waals surface area contributed by atoms with Gasteiger partial charge in [-0.05, 0) is 106 Å². The number of nitrogens with zero attached hydrogens (tertiary/aromatic N) is 4. The van der Waals surface area contributed by atoms with E-state index in [1.807, 2.05) is 6.07 Å². The number of hydrogen-bond acceptors (Lipinski definition) is 13. The molecule has 2 aromatic carbocycles. The van der Waals surface area contributed by atoms with Crippen molar-refractivity contribution in [3.05, 3.63) is 70.3 Å². The number of ether oxygens (including phenoxy) is 2. The maximum atomic E-state index is 14.7. The lowest BCUT2D eigenvalue weighted by Crippen LogP contribution is -2.56. The van der Waals surface area contributed by atoms with Gasteiger partial charge in [0.15, 0.2) is 0 Å². The summed E-state index contributed by atoms with van der Waals surface area (Å²) >= 11 is 0. The van der Waals surface area contributed by atoms with Crippen molar-refractivity contribution in [2.45, 2.75) is 110 Å². The number of carbonyl (C=O) groups is 5. The van der Waals surface area contributed by atoms with E-state index >= 15 is 0 Å². The van der Waals surface area contributed by atoms with Crippen molar-refractivity contribution in [2.75, 3.05) is 46.4 Å². The summed E-state index contributed by atoms with van der Waals surface area (Å²) in [7, 11) is 1.43. The predicted octanol–water partition coefficient (Wildman–Crippen LogP) is 2.59. The van der Waals surface area contributed by atoms with Crippen molar-refractivity contribution in [3.8, 4) is 28.7 Å². The molecule has 10 N–H and O–H groups in total. The Kier molecular flexibility index (Phi) is 17.6. The average molecular weight is 910 g/mol. The molecule has 2 aliphatic rings. The molecule has 0 saturated heterocycles. The maximum Gasteiger partial charge on any atom is 0.255 e. The average Bonchev–Trinajstić information content (AvgIpc) is 3.28. The van der Waals surface area contributed by atoms with E-state index in [2.05, 4.69) is 42.0 Å². The van der Waals surface area contributed by atoms with Crippen molar-refractivity contribution in [2.24, 2.45) is 28.5 Å². The van der Waals surface area contributed by atoms with Crippen molar-refractivity contribution in [3.63, 3.8) is 0 Å². The third-order valence-electron chi connectivity index (χ3n) is 12.4. The fourth-order valence-electron chi connectivity index (χ4n) is 8.83. The van der Waals surface area contributed by atoms with Gasteiger partial charge < -0.3 is 52.8 Å². The number of nitrogens with one attached hydrogen (secondary N) is 4. The number of likely N-dealkylation sites (N-methyl/N-ethyl adjacent to an activating group) is 1. The highest BCUT2D eigenvalue weighted by atomic mass is 16.5. The van der Waals surface area contributed by atoms with Crippen molar-refractivity contribution in [1.29, 1.82) is 5.26 Å². The van der Waals surface area contributed by atoms with Crippen LogP contribution < -0.4 is 47.9 Å². The molecule has 5 amide bonds. The molecule has 5 rings (SSSR count). The van der Waals surface area contributed by atoms with Crippen molar-refractivity contribution in [1.82, 2.24) is 36.1 Å². The van der Waals surface area contributed by atoms with Crippen LogP contribution in [-0.2, 0) is 25.6 Å². The molecule has 4 bridgehead atoms. The predicted molar refractivity (Wildman–Crippen MR) is 249 cm³/mol. The normalized spacial score (nSPS) is 20.3. The molecule has 356 valence electrons. The fraction of sp³-hybridized carbons (Fsp3) is 0.542. The number of aryl methyl sites for hydroxylation is 2. The van der Waals surface area contributed by atoms with Gasteiger partial charge in [0.25, 0.3) is 5.91 Å². The summed E-state index contributed by atoms with van der Waals surface area (Å²) < 4.78 is 12.2. The quantitative estimate of drug-likeness (QED) is 0.108. The van der Waals surface area contributed by atoms with Crippen LogP contribution >= 0.6 is 0 Å². The molecule has 66 heavy (non-hydrogen) atoms. The monoisotopic (exact) mass is 910 g/mol. The molecule has 2 heterocycles. The number of hydrogen-bond donors (Lipinski definition) is 7. The van der Waals surface area contributed by atoms with Crippen LogP contribution in [0.5, 0.6) is 11.5 Å². The van der Waals surface area contributed by atoms with E-state index < -0.39 is 53.7 Å². The zero-order valence-corrected chi connectivity index (χ0v) is 39.3. The molecule has 1 aromatic heterocycles. The third-order valence-corrected chi connectivity index (χ3v) is 12.4. The lowest BCUT2D eigenvalue weighted by Gasteiger charge is -2.36. The summed E-state index contributed by atoms with van der Waals surface area (Å²) in [5.74, 6) is -0.935. The first-order valence-electron chi connectivity index (χ1n) is 22.7. The number of benzene rings is 2. The summed E-state index contributed by atoms with van der Waals surface area (Å²) in [5.41, 5.74) is 21.1. The third kappa shape index (κ3) is 12.4.